The van der Waals surface area contributed by atoms with Crippen LogP contribution in [-0.2, 0) is 0 Å². The van der Waals surface area contributed by atoms with Crippen LogP contribution in [0.4, 0.5) is 0 Å². The molecule has 0 amide bonds. The van der Waals surface area contributed by atoms with Crippen molar-refractivity contribution in [1.29, 1.82) is 0 Å². The van der Waals surface area contributed by atoms with Gasteiger partial charge in [0.25, 0.3) is 0 Å². The normalized spacial score (nSPS) is 13.8. The van der Waals surface area contributed by atoms with E-state index in [9.17, 15) is 0 Å². The summed E-state index contributed by atoms with van der Waals surface area (Å²) in [5.74, 6) is 0. The molecule has 0 aliphatic rings. The fourth-order valence-corrected chi connectivity index (χ4v) is 3.11. The minimum Gasteiger partial charge on any atom is -0.317 e. The maximum absolute atomic E-state index is 3.98. The van der Waals surface area contributed by atoms with E-state index in [1.807, 2.05) is 29.6 Å². The van der Waals surface area contributed by atoms with Crippen LogP contribution in [0.5, 0.6) is 0 Å². The summed E-state index contributed by atoms with van der Waals surface area (Å²) in [6, 6.07) is 1.22. The zero-order valence-electron chi connectivity index (χ0n) is 12.3. The van der Waals surface area contributed by atoms with Gasteiger partial charge in [-0.05, 0) is 24.8 Å². The van der Waals surface area contributed by atoms with Gasteiger partial charge in [0.05, 0.1) is 6.04 Å². The molecule has 0 heterocycles. The standard InChI is InChI=1S/C14H24N2S2/c1-11(8-15-5)9-17-10-18-14(4)12(2)13(3)16(6)7/h8-9H,6,10H2,1-5,7H3/b11-9-,14-12-,15-8?. The fraction of sp³-hybridized carbons (Fsp3) is 0.500. The van der Waals surface area contributed by atoms with Gasteiger partial charge in [0.1, 0.15) is 7.05 Å². The Morgan fingerprint density at radius 3 is 2.50 bits per heavy atom. The molecular weight excluding hydrogens is 260 g/mol. The molecule has 0 saturated carbocycles. The van der Waals surface area contributed by atoms with E-state index in [0.29, 0.717) is 0 Å². The first kappa shape index (κ1) is 17.4. The molecule has 0 aromatic rings. The molecule has 0 aromatic carbocycles. The average molecular weight is 284 g/mol. The Balaban J connectivity index is 4.26. The lowest BCUT2D eigenvalue weighted by Crippen LogP contribution is -2.10. The minimum atomic E-state index is 1.02. The van der Waals surface area contributed by atoms with Crippen LogP contribution in [0.1, 0.15) is 27.7 Å². The van der Waals surface area contributed by atoms with Crippen LogP contribution in [0.15, 0.2) is 26.5 Å². The molecule has 0 spiro atoms. The van der Waals surface area contributed by atoms with E-state index in [2.05, 4.69) is 44.8 Å². The first-order valence-corrected chi connectivity index (χ1v) is 7.82. The summed E-state index contributed by atoms with van der Waals surface area (Å²) >= 11 is 3.67. The number of nitrogens with zero attached hydrogens (tertiary/aromatic N) is 2. The summed E-state index contributed by atoms with van der Waals surface area (Å²) in [7, 11) is 3.77. The maximum atomic E-state index is 3.98. The van der Waals surface area contributed by atoms with Crippen LogP contribution in [-0.4, -0.2) is 36.7 Å². The fourth-order valence-electron chi connectivity index (χ4n) is 1.17. The molecule has 0 aliphatic heterocycles. The van der Waals surface area contributed by atoms with Crippen molar-refractivity contribution in [3.05, 3.63) is 27.5 Å². The average Bonchev–Trinajstić information content (AvgIpc) is 2.32. The van der Waals surface area contributed by atoms with Gasteiger partial charge < -0.3 is 4.58 Å². The molecule has 0 aromatic heterocycles. The number of hydrogen-bond donors (Lipinski definition) is 0. The molecule has 0 saturated heterocycles. The largest absolute Gasteiger partial charge is 0.317 e. The first-order valence-electron chi connectivity index (χ1n) is 5.79. The third kappa shape index (κ3) is 6.97. The van der Waals surface area contributed by atoms with Crippen LogP contribution in [0.2, 0.25) is 0 Å². The van der Waals surface area contributed by atoms with E-state index in [1.54, 1.807) is 18.8 Å². The maximum Gasteiger partial charge on any atom is 0.115 e. The van der Waals surface area contributed by atoms with Crippen molar-refractivity contribution in [3.63, 3.8) is 0 Å². The molecule has 4 heteroatoms. The van der Waals surface area contributed by atoms with Crippen molar-refractivity contribution in [2.45, 2.75) is 27.7 Å². The van der Waals surface area contributed by atoms with E-state index >= 15 is 0 Å². The summed E-state index contributed by atoms with van der Waals surface area (Å²) in [6.07, 6.45) is 1.88. The third-order valence-corrected chi connectivity index (χ3v) is 4.88. The highest BCUT2D eigenvalue weighted by atomic mass is 32.2. The van der Waals surface area contributed by atoms with Crippen LogP contribution >= 0.6 is 23.5 Å². The predicted molar refractivity (Wildman–Crippen MR) is 88.8 cm³/mol. The molecule has 0 N–H and O–H groups in total. The topological polar surface area (TPSA) is 15.4 Å². The zero-order valence-corrected chi connectivity index (χ0v) is 13.9. The smallest absolute Gasteiger partial charge is 0.115 e. The molecular formula is C14H24N2S2. The van der Waals surface area contributed by atoms with Crippen LogP contribution < -0.4 is 0 Å². The van der Waals surface area contributed by atoms with Gasteiger partial charge >= 0.3 is 0 Å². The molecule has 2 nitrogen and oxygen atoms in total. The highest BCUT2D eigenvalue weighted by Gasteiger charge is 2.05. The Morgan fingerprint density at radius 2 is 2.00 bits per heavy atom. The lowest BCUT2D eigenvalue weighted by atomic mass is 10.1. The highest BCUT2D eigenvalue weighted by molar-refractivity contribution is 8.19. The second-order valence-electron chi connectivity index (χ2n) is 4.14. The molecule has 0 radical (unpaired) electrons. The Labute approximate surface area is 120 Å². The van der Waals surface area contributed by atoms with Gasteiger partial charge in [-0.25, -0.2) is 0 Å². The highest BCUT2D eigenvalue weighted by Crippen LogP contribution is 2.28. The summed E-state index contributed by atoms with van der Waals surface area (Å²) in [4.78, 5) is 5.33. The van der Waals surface area contributed by atoms with Crippen molar-refractivity contribution >= 4 is 36.5 Å². The van der Waals surface area contributed by atoms with E-state index < -0.39 is 0 Å². The van der Waals surface area contributed by atoms with E-state index in [1.165, 1.54) is 22.1 Å². The number of rotatable bonds is 7. The number of thioether (sulfide) groups is 2. The Bertz CT molecular complexity index is 368. The van der Waals surface area contributed by atoms with Gasteiger partial charge in [0, 0.05) is 25.1 Å². The lowest BCUT2D eigenvalue weighted by Gasteiger charge is -2.18. The third-order valence-electron chi connectivity index (χ3n) is 2.59. The number of allylic oxidation sites excluding steroid dienone is 2. The summed E-state index contributed by atoms with van der Waals surface area (Å²) < 4.78 is 1.91. The van der Waals surface area contributed by atoms with E-state index in [4.69, 9.17) is 0 Å². The van der Waals surface area contributed by atoms with Gasteiger partial charge in [0.2, 0.25) is 0 Å². The predicted octanol–water partition coefficient (Wildman–Crippen LogP) is 4.20. The van der Waals surface area contributed by atoms with Crippen molar-refractivity contribution in [2.75, 3.05) is 19.2 Å². The van der Waals surface area contributed by atoms with E-state index in [0.717, 1.165) is 5.08 Å². The molecule has 102 valence electrons. The molecule has 18 heavy (non-hydrogen) atoms. The molecule has 0 fully saturated rings. The van der Waals surface area contributed by atoms with Crippen molar-refractivity contribution < 1.29 is 4.58 Å². The van der Waals surface area contributed by atoms with Crippen LogP contribution in [0, 0.1) is 6.04 Å². The van der Waals surface area contributed by atoms with Gasteiger partial charge in [-0.1, -0.05) is 19.4 Å². The Morgan fingerprint density at radius 1 is 1.39 bits per heavy atom. The molecule has 0 unspecified atom stereocenters. The zero-order chi connectivity index (χ0) is 14.1. The number of hydrogen-bond acceptors (Lipinski definition) is 3. The molecule has 0 bridgehead atoms. The molecule has 0 atom stereocenters. The summed E-state index contributed by atoms with van der Waals surface area (Å²) in [5, 5.41) is 3.17. The minimum absolute atomic E-state index is 1.02. The van der Waals surface area contributed by atoms with Crippen molar-refractivity contribution in [3.8, 4) is 0 Å². The molecule has 0 rings (SSSR count). The van der Waals surface area contributed by atoms with Crippen molar-refractivity contribution in [1.82, 2.24) is 0 Å². The number of aliphatic imine (C=N–C) groups is 1. The monoisotopic (exact) mass is 284 g/mol. The number of likely N-dealkylation sites (N-methyl/N-ethyl adjacent to an activating group) is 1. The second-order valence-corrected chi connectivity index (χ2v) is 6.56. The Kier molecular flexibility index (Phi) is 9.02. The summed E-state index contributed by atoms with van der Waals surface area (Å²) in [5.41, 5.74) is 2.51. The second kappa shape index (κ2) is 9.34. The van der Waals surface area contributed by atoms with Gasteiger partial charge in [-0.15, -0.1) is 16.7 Å². The lowest BCUT2D eigenvalue weighted by molar-refractivity contribution is -0.465. The summed E-state index contributed by atoms with van der Waals surface area (Å²) in [6.45, 7) is 12.4. The SMILES string of the molecule is C=[N+](C)[C-](C)/C(C)=C(/C)SCS/C=C(/C)C=NC. The van der Waals surface area contributed by atoms with Gasteiger partial charge in [0.15, 0.2) is 0 Å². The van der Waals surface area contributed by atoms with Crippen LogP contribution in [0.3, 0.4) is 0 Å². The van der Waals surface area contributed by atoms with Crippen molar-refractivity contribution in [2.24, 2.45) is 4.99 Å². The Hall–Kier alpha value is -0.610. The van der Waals surface area contributed by atoms with Gasteiger partial charge in [-0.3, -0.25) is 4.99 Å². The first-order chi connectivity index (χ1) is 8.40. The quantitative estimate of drug-likeness (QED) is 0.229. The van der Waals surface area contributed by atoms with Crippen LogP contribution in [0.25, 0.3) is 0 Å². The van der Waals surface area contributed by atoms with Gasteiger partial charge in [-0.2, -0.15) is 11.8 Å². The van der Waals surface area contributed by atoms with E-state index in [-0.39, 0.29) is 0 Å². The molecule has 0 aliphatic carbocycles.